The summed E-state index contributed by atoms with van der Waals surface area (Å²) in [6.45, 7) is 0. The predicted octanol–water partition coefficient (Wildman–Crippen LogP) is 2.01. The molecule has 0 aliphatic heterocycles. The summed E-state index contributed by atoms with van der Waals surface area (Å²) in [5, 5.41) is 10.7. The van der Waals surface area contributed by atoms with Gasteiger partial charge in [-0.1, -0.05) is 0 Å². The molecule has 0 heterocycles. The normalized spacial score (nSPS) is 11.2. The first-order valence-corrected chi connectivity index (χ1v) is 7.22. The van der Waals surface area contributed by atoms with Crippen LogP contribution in [0.25, 0.3) is 0 Å². The van der Waals surface area contributed by atoms with E-state index in [1.165, 1.54) is 13.2 Å². The third-order valence-electron chi connectivity index (χ3n) is 2.25. The third kappa shape index (κ3) is 3.33. The number of nitro benzene ring substituents is 1. The molecule has 0 saturated heterocycles. The number of halogens is 1. The van der Waals surface area contributed by atoms with Crippen LogP contribution < -0.4 is 4.74 Å². The van der Waals surface area contributed by atoms with E-state index in [4.69, 9.17) is 16.3 Å². The average Bonchev–Trinajstić information content (AvgIpc) is 2.35. The maximum atomic E-state index is 11.9. The van der Waals surface area contributed by atoms with Gasteiger partial charge in [0, 0.05) is 18.0 Å². The molecular formula is C10H12ClNO5S. The minimum atomic E-state index is -3.48. The summed E-state index contributed by atoms with van der Waals surface area (Å²) in [5.41, 5.74) is -0.270. The number of methoxy groups -OCH3 is 1. The summed E-state index contributed by atoms with van der Waals surface area (Å²) in [4.78, 5) is 10.0. The highest BCUT2D eigenvalue weighted by Crippen LogP contribution is 2.29. The zero-order valence-corrected chi connectivity index (χ0v) is 11.2. The number of rotatable bonds is 6. The smallest absolute Gasteiger partial charge is 0.310 e. The molecule has 6 nitrogen and oxygen atoms in total. The molecule has 0 spiro atoms. The van der Waals surface area contributed by atoms with Crippen molar-refractivity contribution in [1.29, 1.82) is 0 Å². The van der Waals surface area contributed by atoms with Crippen LogP contribution in [0.3, 0.4) is 0 Å². The number of benzene rings is 1. The molecule has 0 N–H and O–H groups in total. The van der Waals surface area contributed by atoms with E-state index in [0.29, 0.717) is 6.42 Å². The fourth-order valence-corrected chi connectivity index (χ4v) is 2.98. The molecule has 0 aliphatic carbocycles. The number of hydrogen-bond acceptors (Lipinski definition) is 5. The molecule has 0 unspecified atom stereocenters. The number of hydrogen-bond donors (Lipinski definition) is 0. The van der Waals surface area contributed by atoms with Gasteiger partial charge in [-0.25, -0.2) is 8.42 Å². The quantitative estimate of drug-likeness (QED) is 0.455. The van der Waals surface area contributed by atoms with Crippen molar-refractivity contribution in [1.82, 2.24) is 0 Å². The highest BCUT2D eigenvalue weighted by molar-refractivity contribution is 7.91. The predicted molar refractivity (Wildman–Crippen MR) is 67.0 cm³/mol. The molecule has 100 valence electrons. The zero-order valence-electron chi connectivity index (χ0n) is 9.63. The first kappa shape index (κ1) is 14.7. The van der Waals surface area contributed by atoms with Crippen LogP contribution in [0.1, 0.15) is 6.42 Å². The van der Waals surface area contributed by atoms with Gasteiger partial charge < -0.3 is 4.74 Å². The molecule has 1 aromatic carbocycles. The van der Waals surface area contributed by atoms with Crippen LogP contribution in [0, 0.1) is 10.1 Å². The van der Waals surface area contributed by atoms with Gasteiger partial charge in [0.1, 0.15) is 0 Å². The molecule has 0 bridgehead atoms. The molecule has 0 saturated carbocycles. The minimum Gasteiger partial charge on any atom is -0.490 e. The summed E-state index contributed by atoms with van der Waals surface area (Å²) in [5.74, 6) is 0.0628. The van der Waals surface area contributed by atoms with Crippen molar-refractivity contribution >= 4 is 27.1 Å². The van der Waals surface area contributed by atoms with Crippen LogP contribution in [0.4, 0.5) is 5.69 Å². The Morgan fingerprint density at radius 3 is 2.61 bits per heavy atom. The number of sulfone groups is 1. The number of ether oxygens (including phenoxy) is 1. The maximum Gasteiger partial charge on any atom is 0.310 e. The van der Waals surface area contributed by atoms with Gasteiger partial charge in [-0.15, -0.1) is 11.6 Å². The topological polar surface area (TPSA) is 86.5 Å². The fourth-order valence-electron chi connectivity index (χ4n) is 1.36. The van der Waals surface area contributed by atoms with Gasteiger partial charge in [0.25, 0.3) is 0 Å². The summed E-state index contributed by atoms with van der Waals surface area (Å²) < 4.78 is 28.5. The van der Waals surface area contributed by atoms with Gasteiger partial charge in [0.05, 0.1) is 22.7 Å². The lowest BCUT2D eigenvalue weighted by atomic mass is 10.3. The Hall–Kier alpha value is -1.34. The van der Waals surface area contributed by atoms with Crippen molar-refractivity contribution in [2.45, 2.75) is 11.3 Å². The van der Waals surface area contributed by atoms with Crippen molar-refractivity contribution in [2.75, 3.05) is 18.7 Å². The van der Waals surface area contributed by atoms with Crippen LogP contribution in [-0.2, 0) is 9.84 Å². The van der Waals surface area contributed by atoms with Crippen molar-refractivity contribution in [3.8, 4) is 5.75 Å². The van der Waals surface area contributed by atoms with Crippen LogP contribution in [-0.4, -0.2) is 32.1 Å². The van der Waals surface area contributed by atoms with Crippen molar-refractivity contribution in [3.63, 3.8) is 0 Å². The summed E-state index contributed by atoms with van der Waals surface area (Å²) in [7, 11) is -2.24. The maximum absolute atomic E-state index is 11.9. The van der Waals surface area contributed by atoms with Gasteiger partial charge in [0.2, 0.25) is 0 Å². The lowest BCUT2D eigenvalue weighted by molar-refractivity contribution is -0.385. The molecule has 0 aromatic heterocycles. The average molecular weight is 294 g/mol. The van der Waals surface area contributed by atoms with Crippen LogP contribution in [0.15, 0.2) is 23.1 Å². The fraction of sp³-hybridized carbons (Fsp3) is 0.400. The molecule has 0 atom stereocenters. The largest absolute Gasteiger partial charge is 0.490 e. The van der Waals surface area contributed by atoms with Crippen molar-refractivity contribution in [3.05, 3.63) is 28.3 Å². The first-order chi connectivity index (χ1) is 8.42. The molecule has 1 rings (SSSR count). The first-order valence-electron chi connectivity index (χ1n) is 5.03. The molecule has 0 amide bonds. The second kappa shape index (κ2) is 6.01. The Bertz CT molecular complexity index is 543. The van der Waals surface area contributed by atoms with E-state index in [1.54, 1.807) is 0 Å². The minimum absolute atomic E-state index is 0.00457. The molecular weight excluding hydrogens is 282 g/mol. The molecule has 0 aliphatic rings. The molecule has 8 heteroatoms. The summed E-state index contributed by atoms with van der Waals surface area (Å²) in [6.07, 6.45) is 0.323. The van der Waals surface area contributed by atoms with Gasteiger partial charge >= 0.3 is 5.69 Å². The van der Waals surface area contributed by atoms with E-state index in [9.17, 15) is 18.5 Å². The SMILES string of the molecule is COc1cc(S(=O)(=O)CCCCl)ccc1[N+](=O)[O-]. The number of nitro groups is 1. The molecule has 0 fully saturated rings. The lowest BCUT2D eigenvalue weighted by Gasteiger charge is -2.06. The summed E-state index contributed by atoms with van der Waals surface area (Å²) >= 11 is 5.44. The van der Waals surface area contributed by atoms with E-state index in [-0.39, 0.29) is 28.0 Å². The van der Waals surface area contributed by atoms with Crippen LogP contribution in [0.2, 0.25) is 0 Å². The Morgan fingerprint density at radius 1 is 1.44 bits per heavy atom. The van der Waals surface area contributed by atoms with Crippen molar-refractivity contribution in [2.24, 2.45) is 0 Å². The second-order valence-corrected chi connectivity index (χ2v) is 5.94. The molecule has 1 aromatic rings. The Labute approximate surface area is 110 Å². The Kier molecular flexibility index (Phi) is 4.92. The molecule has 18 heavy (non-hydrogen) atoms. The van der Waals surface area contributed by atoms with Gasteiger partial charge in [0.15, 0.2) is 15.6 Å². The van der Waals surface area contributed by atoms with E-state index in [2.05, 4.69) is 0 Å². The van der Waals surface area contributed by atoms with Gasteiger partial charge in [-0.2, -0.15) is 0 Å². The van der Waals surface area contributed by atoms with E-state index in [0.717, 1.165) is 12.1 Å². The Balaban J connectivity index is 3.17. The highest BCUT2D eigenvalue weighted by atomic mass is 35.5. The molecule has 0 radical (unpaired) electrons. The van der Waals surface area contributed by atoms with Gasteiger partial charge in [-0.3, -0.25) is 10.1 Å². The van der Waals surface area contributed by atoms with E-state index < -0.39 is 14.8 Å². The number of nitrogens with zero attached hydrogens (tertiary/aromatic N) is 1. The van der Waals surface area contributed by atoms with E-state index in [1.807, 2.05) is 0 Å². The standard InChI is InChI=1S/C10H12ClNO5S/c1-17-10-7-8(3-4-9(10)12(13)14)18(15,16)6-2-5-11/h3-4,7H,2,5-6H2,1H3. The second-order valence-electron chi connectivity index (χ2n) is 3.45. The van der Waals surface area contributed by atoms with E-state index >= 15 is 0 Å². The lowest BCUT2D eigenvalue weighted by Crippen LogP contribution is -2.08. The third-order valence-corrected chi connectivity index (χ3v) is 4.32. The highest BCUT2D eigenvalue weighted by Gasteiger charge is 2.20. The number of alkyl halides is 1. The summed E-state index contributed by atoms with van der Waals surface area (Å²) in [6, 6.07) is 3.47. The van der Waals surface area contributed by atoms with Gasteiger partial charge in [-0.05, 0) is 12.5 Å². The van der Waals surface area contributed by atoms with Crippen LogP contribution in [0.5, 0.6) is 5.75 Å². The van der Waals surface area contributed by atoms with Crippen LogP contribution >= 0.6 is 11.6 Å². The van der Waals surface area contributed by atoms with Crippen molar-refractivity contribution < 1.29 is 18.1 Å². The zero-order chi connectivity index (χ0) is 13.8. The monoisotopic (exact) mass is 293 g/mol. The Morgan fingerprint density at radius 2 is 2.11 bits per heavy atom.